The molecule has 0 amide bonds. The molecule has 0 unspecified atom stereocenters. The molecule has 344 valence electrons. The van der Waals surface area contributed by atoms with Gasteiger partial charge in [0.2, 0.25) is 0 Å². The molecule has 0 rings (SSSR count). The first-order valence-electron chi connectivity index (χ1n) is 25.9. The average molecular weight is 821 g/mol. The first-order chi connectivity index (χ1) is 28.4. The third-order valence-electron chi connectivity index (χ3n) is 11.8. The molecule has 0 aliphatic heterocycles. The van der Waals surface area contributed by atoms with Gasteiger partial charge in [-0.2, -0.15) is 0 Å². The van der Waals surface area contributed by atoms with Crippen LogP contribution in [0.25, 0.3) is 0 Å². The lowest BCUT2D eigenvalue weighted by molar-refractivity contribution is -0.167. The molecule has 0 aliphatic rings. The molecule has 6 nitrogen and oxygen atoms in total. The summed E-state index contributed by atoms with van der Waals surface area (Å²) >= 11 is 0. The Kier molecular flexibility index (Phi) is 45.2. The summed E-state index contributed by atoms with van der Waals surface area (Å²) in [6.07, 6.45) is 47.9. The largest absolute Gasteiger partial charge is 0.462 e. The molecule has 0 saturated heterocycles. The highest BCUT2D eigenvalue weighted by Crippen LogP contribution is 2.17. The van der Waals surface area contributed by atoms with Crippen LogP contribution in [0.1, 0.15) is 291 Å². The predicted octanol–water partition coefficient (Wildman–Crippen LogP) is 16.7. The molecule has 0 saturated carbocycles. The monoisotopic (exact) mass is 821 g/mol. The highest BCUT2D eigenvalue weighted by molar-refractivity contribution is 5.71. The van der Waals surface area contributed by atoms with Crippen LogP contribution in [0.15, 0.2) is 0 Å². The molecular formula is C52H100O6. The van der Waals surface area contributed by atoms with E-state index in [4.69, 9.17) is 14.2 Å². The fourth-order valence-electron chi connectivity index (χ4n) is 7.86. The number of esters is 3. The average Bonchev–Trinajstić information content (AvgIpc) is 3.21. The second-order valence-corrected chi connectivity index (χ2v) is 18.3. The Labute approximate surface area is 361 Å². The number of unbranched alkanes of at least 4 members (excludes halogenated alkanes) is 34. The zero-order valence-corrected chi connectivity index (χ0v) is 39.5. The van der Waals surface area contributed by atoms with Gasteiger partial charge in [0.05, 0.1) is 0 Å². The van der Waals surface area contributed by atoms with E-state index in [0.29, 0.717) is 19.3 Å². The van der Waals surface area contributed by atoms with Gasteiger partial charge in [-0.25, -0.2) is 0 Å². The normalized spacial score (nSPS) is 11.9. The lowest BCUT2D eigenvalue weighted by atomic mass is 10.0. The number of carbonyl (C=O) groups excluding carboxylic acids is 3. The van der Waals surface area contributed by atoms with Crippen molar-refractivity contribution in [1.82, 2.24) is 0 Å². The lowest BCUT2D eigenvalue weighted by Gasteiger charge is -2.18. The van der Waals surface area contributed by atoms with Crippen molar-refractivity contribution < 1.29 is 28.6 Å². The Bertz CT molecular complexity index is 872. The first kappa shape index (κ1) is 56.4. The van der Waals surface area contributed by atoms with E-state index >= 15 is 0 Å². The van der Waals surface area contributed by atoms with Gasteiger partial charge in [-0.3, -0.25) is 14.4 Å². The van der Waals surface area contributed by atoms with Gasteiger partial charge in [-0.1, -0.05) is 252 Å². The van der Waals surface area contributed by atoms with Gasteiger partial charge < -0.3 is 14.2 Å². The van der Waals surface area contributed by atoms with E-state index in [2.05, 4.69) is 27.7 Å². The molecule has 0 spiro atoms. The molecular weight excluding hydrogens is 721 g/mol. The van der Waals surface area contributed by atoms with Crippen LogP contribution in [-0.2, 0) is 28.6 Å². The predicted molar refractivity (Wildman–Crippen MR) is 247 cm³/mol. The fraction of sp³-hybridized carbons (Fsp3) is 0.942. The fourth-order valence-corrected chi connectivity index (χ4v) is 7.86. The molecule has 0 N–H and O–H groups in total. The molecule has 0 bridgehead atoms. The molecule has 6 heteroatoms. The van der Waals surface area contributed by atoms with Gasteiger partial charge in [0.25, 0.3) is 0 Å². The van der Waals surface area contributed by atoms with E-state index in [-0.39, 0.29) is 31.1 Å². The second kappa shape index (κ2) is 46.5. The molecule has 0 aliphatic carbocycles. The van der Waals surface area contributed by atoms with Crippen molar-refractivity contribution in [2.75, 3.05) is 13.2 Å². The summed E-state index contributed by atoms with van der Waals surface area (Å²) in [7, 11) is 0. The van der Waals surface area contributed by atoms with E-state index in [1.54, 1.807) is 0 Å². The number of hydrogen-bond donors (Lipinski definition) is 0. The van der Waals surface area contributed by atoms with Crippen LogP contribution in [0.3, 0.4) is 0 Å². The molecule has 0 radical (unpaired) electrons. The van der Waals surface area contributed by atoms with Crippen LogP contribution in [0.5, 0.6) is 0 Å². The molecule has 1 atom stereocenters. The zero-order valence-electron chi connectivity index (χ0n) is 39.5. The summed E-state index contributed by atoms with van der Waals surface area (Å²) in [6, 6.07) is 0. The van der Waals surface area contributed by atoms with Gasteiger partial charge in [0.15, 0.2) is 6.10 Å². The summed E-state index contributed by atoms with van der Waals surface area (Å²) in [5, 5.41) is 0. The maximum absolute atomic E-state index is 12.8. The Hall–Kier alpha value is -1.59. The Morgan fingerprint density at radius 1 is 0.328 bits per heavy atom. The lowest BCUT2D eigenvalue weighted by Crippen LogP contribution is -2.30. The van der Waals surface area contributed by atoms with Crippen molar-refractivity contribution in [2.45, 2.75) is 297 Å². The quantitative estimate of drug-likeness (QED) is 0.0346. The Morgan fingerprint density at radius 3 is 0.845 bits per heavy atom. The van der Waals surface area contributed by atoms with Crippen molar-refractivity contribution >= 4 is 17.9 Å². The Morgan fingerprint density at radius 2 is 0.569 bits per heavy atom. The summed E-state index contributed by atoms with van der Waals surface area (Å²) < 4.78 is 16.8. The minimum absolute atomic E-state index is 0.0626. The second-order valence-electron chi connectivity index (χ2n) is 18.3. The molecule has 58 heavy (non-hydrogen) atoms. The molecule has 0 aromatic rings. The van der Waals surface area contributed by atoms with E-state index in [0.717, 1.165) is 63.7 Å². The highest BCUT2D eigenvalue weighted by atomic mass is 16.6. The van der Waals surface area contributed by atoms with E-state index in [9.17, 15) is 14.4 Å². The molecule has 0 aromatic heterocycles. The topological polar surface area (TPSA) is 78.9 Å². The summed E-state index contributed by atoms with van der Waals surface area (Å²) in [6.45, 7) is 9.02. The Balaban J connectivity index is 4.30. The van der Waals surface area contributed by atoms with Crippen LogP contribution >= 0.6 is 0 Å². The molecule has 0 heterocycles. The van der Waals surface area contributed by atoms with Crippen molar-refractivity contribution in [1.29, 1.82) is 0 Å². The number of ether oxygens (including phenoxy) is 3. The van der Waals surface area contributed by atoms with Gasteiger partial charge in [-0.15, -0.1) is 0 Å². The van der Waals surface area contributed by atoms with Gasteiger partial charge in [0.1, 0.15) is 13.2 Å². The van der Waals surface area contributed by atoms with Crippen LogP contribution in [0.2, 0.25) is 0 Å². The smallest absolute Gasteiger partial charge is 0.306 e. The van der Waals surface area contributed by atoms with Crippen LogP contribution < -0.4 is 0 Å². The van der Waals surface area contributed by atoms with Crippen LogP contribution in [-0.4, -0.2) is 37.2 Å². The maximum atomic E-state index is 12.8. The van der Waals surface area contributed by atoms with Gasteiger partial charge in [-0.05, 0) is 25.2 Å². The van der Waals surface area contributed by atoms with Crippen molar-refractivity contribution in [3.63, 3.8) is 0 Å². The summed E-state index contributed by atoms with van der Waals surface area (Å²) in [5.74, 6) is -0.0101. The summed E-state index contributed by atoms with van der Waals surface area (Å²) in [4.78, 5) is 37.9. The molecule has 0 fully saturated rings. The van der Waals surface area contributed by atoms with E-state index in [1.165, 1.54) is 186 Å². The van der Waals surface area contributed by atoms with Crippen molar-refractivity contribution in [3.8, 4) is 0 Å². The standard InChI is InChI=1S/C52H100O6/c1-5-7-9-11-13-15-17-19-24-27-31-35-39-43-50(53)56-46-49(58-52(55)45-41-37-33-29-23-18-16-14-12-10-8-6-2)47-57-51(54)44-40-36-32-28-25-21-20-22-26-30-34-38-42-48(3)4/h48-49H,5-47H2,1-4H3/t49-/m1/s1. The number of carbonyl (C=O) groups is 3. The van der Waals surface area contributed by atoms with E-state index in [1.807, 2.05) is 0 Å². The van der Waals surface area contributed by atoms with Crippen molar-refractivity contribution in [3.05, 3.63) is 0 Å². The SMILES string of the molecule is CCCCCCCCCCCCCCCC(=O)OC[C@H](COC(=O)CCCCCCCCCCCCCCC(C)C)OC(=O)CCCCCCCCCCCCCC. The summed E-state index contributed by atoms with van der Waals surface area (Å²) in [5.41, 5.74) is 0. The number of rotatable bonds is 47. The highest BCUT2D eigenvalue weighted by Gasteiger charge is 2.19. The molecule has 0 aromatic carbocycles. The van der Waals surface area contributed by atoms with Gasteiger partial charge in [0, 0.05) is 19.3 Å². The maximum Gasteiger partial charge on any atom is 0.306 e. The van der Waals surface area contributed by atoms with Crippen molar-refractivity contribution in [2.24, 2.45) is 5.92 Å². The minimum atomic E-state index is -0.760. The van der Waals surface area contributed by atoms with Gasteiger partial charge >= 0.3 is 17.9 Å². The van der Waals surface area contributed by atoms with Crippen LogP contribution in [0.4, 0.5) is 0 Å². The minimum Gasteiger partial charge on any atom is -0.462 e. The van der Waals surface area contributed by atoms with Crippen LogP contribution in [0, 0.1) is 5.92 Å². The van der Waals surface area contributed by atoms with E-state index < -0.39 is 6.10 Å². The number of hydrogen-bond acceptors (Lipinski definition) is 6. The third-order valence-corrected chi connectivity index (χ3v) is 11.8. The first-order valence-corrected chi connectivity index (χ1v) is 25.9. The zero-order chi connectivity index (χ0) is 42.4. The third kappa shape index (κ3) is 45.5.